The van der Waals surface area contributed by atoms with Crippen LogP contribution in [-0.4, -0.2) is 16.5 Å². The van der Waals surface area contributed by atoms with Crippen molar-refractivity contribution in [1.29, 1.82) is 5.26 Å². The van der Waals surface area contributed by atoms with E-state index in [0.717, 1.165) is 45.9 Å². The second kappa shape index (κ2) is 9.49. The van der Waals surface area contributed by atoms with Gasteiger partial charge in [0, 0.05) is 11.1 Å². The Morgan fingerprint density at radius 1 is 1.24 bits per heavy atom. The smallest absolute Gasteiger partial charge is 0.173 e. The third-order valence-corrected chi connectivity index (χ3v) is 5.49. The Morgan fingerprint density at radius 2 is 2.07 bits per heavy atom. The number of benzene rings is 2. The van der Waals surface area contributed by atoms with Gasteiger partial charge in [0.2, 0.25) is 0 Å². The summed E-state index contributed by atoms with van der Waals surface area (Å²) in [5.41, 5.74) is 6.07. The number of nitriles is 1. The fourth-order valence-electron chi connectivity index (χ4n) is 3.39. The summed E-state index contributed by atoms with van der Waals surface area (Å²) in [5.74, 6) is 1.23. The molecule has 3 rings (SSSR count). The van der Waals surface area contributed by atoms with Crippen molar-refractivity contribution in [3.8, 4) is 28.0 Å². The molecule has 3 aromatic rings. The molecule has 0 radical (unpaired) electrons. The van der Waals surface area contributed by atoms with Crippen LogP contribution in [0.1, 0.15) is 43.0 Å². The summed E-state index contributed by atoms with van der Waals surface area (Å²) < 4.78 is 9.68. The van der Waals surface area contributed by atoms with Gasteiger partial charge in [0.05, 0.1) is 25.0 Å². The Labute approximate surface area is 176 Å². The van der Waals surface area contributed by atoms with Gasteiger partial charge in [-0.15, -0.1) is 0 Å². The first-order chi connectivity index (χ1) is 14.1. The lowest BCUT2D eigenvalue weighted by atomic mass is 9.97. The van der Waals surface area contributed by atoms with Crippen LogP contribution in [0, 0.1) is 17.2 Å². The van der Waals surface area contributed by atoms with Crippen LogP contribution in [0.5, 0.6) is 0 Å². The van der Waals surface area contributed by atoms with E-state index in [4.69, 9.17) is 9.72 Å². The van der Waals surface area contributed by atoms with E-state index >= 15 is 0 Å². The van der Waals surface area contributed by atoms with E-state index in [1.54, 1.807) is 13.4 Å². The van der Waals surface area contributed by atoms with E-state index in [2.05, 4.69) is 43.3 Å². The van der Waals surface area contributed by atoms with Crippen LogP contribution in [0.2, 0.25) is 0 Å². The minimum atomic E-state index is 0.507. The van der Waals surface area contributed by atoms with Gasteiger partial charge in [0.25, 0.3) is 0 Å². The summed E-state index contributed by atoms with van der Waals surface area (Å²) >= 11 is 1.37. The van der Waals surface area contributed by atoms with Gasteiger partial charge in [0.15, 0.2) is 5.82 Å². The van der Waals surface area contributed by atoms with Crippen molar-refractivity contribution >= 4 is 17.6 Å². The monoisotopic (exact) mass is 403 g/mol. The largest absolute Gasteiger partial charge is 0.504 e. The van der Waals surface area contributed by atoms with Crippen molar-refractivity contribution in [3.05, 3.63) is 64.9 Å². The molecule has 0 unspecified atom stereocenters. The Hall–Kier alpha value is -2.97. The fourth-order valence-corrected chi connectivity index (χ4v) is 4.06. The SMILES string of the molecule is CCc1c(C=COC)cccc1-c1nsc(-c2ccc(CC(C)C)c(C#N)c2)n1. The van der Waals surface area contributed by atoms with Crippen molar-refractivity contribution < 1.29 is 4.74 Å². The Morgan fingerprint density at radius 3 is 2.76 bits per heavy atom. The highest BCUT2D eigenvalue weighted by Crippen LogP contribution is 2.31. The summed E-state index contributed by atoms with van der Waals surface area (Å²) in [6.45, 7) is 6.45. The maximum absolute atomic E-state index is 9.56. The Bertz CT molecular complexity index is 1060. The zero-order chi connectivity index (χ0) is 20.8. The van der Waals surface area contributed by atoms with E-state index in [0.29, 0.717) is 11.5 Å². The normalized spacial score (nSPS) is 11.2. The molecule has 4 nitrogen and oxygen atoms in total. The lowest BCUT2D eigenvalue weighted by molar-refractivity contribution is 0.341. The van der Waals surface area contributed by atoms with Crippen molar-refractivity contribution in [2.45, 2.75) is 33.6 Å². The predicted molar refractivity (Wildman–Crippen MR) is 119 cm³/mol. The van der Waals surface area contributed by atoms with E-state index in [1.807, 2.05) is 30.3 Å². The molecule has 0 aliphatic rings. The molecule has 0 aliphatic carbocycles. The van der Waals surface area contributed by atoms with Crippen molar-refractivity contribution in [1.82, 2.24) is 9.36 Å². The molecule has 0 bridgehead atoms. The second-order valence-electron chi connectivity index (χ2n) is 7.27. The predicted octanol–water partition coefficient (Wildman–Crippen LogP) is 6.12. The first-order valence-electron chi connectivity index (χ1n) is 9.76. The average molecular weight is 404 g/mol. The molecule has 5 heteroatoms. The zero-order valence-corrected chi connectivity index (χ0v) is 18.1. The summed E-state index contributed by atoms with van der Waals surface area (Å²) in [6.07, 6.45) is 5.41. The lowest BCUT2D eigenvalue weighted by Gasteiger charge is -2.09. The molecule has 2 aromatic carbocycles. The van der Waals surface area contributed by atoms with Crippen LogP contribution in [0.25, 0.3) is 28.0 Å². The number of nitrogens with zero attached hydrogens (tertiary/aromatic N) is 3. The highest BCUT2D eigenvalue weighted by Gasteiger charge is 2.15. The molecule has 0 spiro atoms. The molecular formula is C24H25N3OS. The molecule has 0 aliphatic heterocycles. The van der Waals surface area contributed by atoms with Gasteiger partial charge in [-0.05, 0) is 59.1 Å². The van der Waals surface area contributed by atoms with Crippen LogP contribution in [-0.2, 0) is 17.6 Å². The quantitative estimate of drug-likeness (QED) is 0.446. The van der Waals surface area contributed by atoms with Gasteiger partial charge >= 0.3 is 0 Å². The third-order valence-electron chi connectivity index (χ3n) is 4.72. The van der Waals surface area contributed by atoms with E-state index in [-0.39, 0.29) is 0 Å². The van der Waals surface area contributed by atoms with Crippen LogP contribution in [0.3, 0.4) is 0 Å². The second-order valence-corrected chi connectivity index (χ2v) is 8.02. The minimum Gasteiger partial charge on any atom is -0.504 e. The Balaban J connectivity index is 1.98. The lowest BCUT2D eigenvalue weighted by Crippen LogP contribution is -1.97. The van der Waals surface area contributed by atoms with Crippen molar-refractivity contribution in [3.63, 3.8) is 0 Å². The van der Waals surface area contributed by atoms with Crippen LogP contribution in [0.4, 0.5) is 0 Å². The first-order valence-corrected chi connectivity index (χ1v) is 10.5. The highest BCUT2D eigenvalue weighted by molar-refractivity contribution is 7.09. The molecule has 1 aromatic heterocycles. The summed E-state index contributed by atoms with van der Waals surface area (Å²) in [5, 5.41) is 10.4. The average Bonchev–Trinajstić information content (AvgIpc) is 3.21. The van der Waals surface area contributed by atoms with E-state index in [9.17, 15) is 5.26 Å². The summed E-state index contributed by atoms with van der Waals surface area (Å²) in [6, 6.07) is 14.5. The molecular weight excluding hydrogens is 378 g/mol. The van der Waals surface area contributed by atoms with Gasteiger partial charge in [-0.1, -0.05) is 51.1 Å². The maximum atomic E-state index is 9.56. The third kappa shape index (κ3) is 4.72. The molecule has 29 heavy (non-hydrogen) atoms. The molecule has 0 N–H and O–H groups in total. The molecule has 0 amide bonds. The number of rotatable bonds is 7. The van der Waals surface area contributed by atoms with Gasteiger partial charge in [-0.3, -0.25) is 0 Å². The summed E-state index contributed by atoms with van der Waals surface area (Å²) in [4.78, 5) is 4.79. The summed E-state index contributed by atoms with van der Waals surface area (Å²) in [7, 11) is 1.64. The fraction of sp³-hybridized carbons (Fsp3) is 0.292. The molecule has 148 valence electrons. The molecule has 0 atom stereocenters. The van der Waals surface area contributed by atoms with Gasteiger partial charge < -0.3 is 4.74 Å². The van der Waals surface area contributed by atoms with E-state index in [1.165, 1.54) is 17.1 Å². The molecule has 0 saturated heterocycles. The maximum Gasteiger partial charge on any atom is 0.173 e. The van der Waals surface area contributed by atoms with Gasteiger partial charge in [-0.25, -0.2) is 4.98 Å². The van der Waals surface area contributed by atoms with Gasteiger partial charge in [0.1, 0.15) is 5.01 Å². The standard InChI is InChI=1S/C24H25N3OS/c1-5-21-17(11-12-28-4)7-6-8-22(21)23-26-24(29-27-23)19-10-9-18(13-16(2)3)20(14-19)15-25/h6-12,14,16H,5,13H2,1-4H3. The minimum absolute atomic E-state index is 0.507. The number of methoxy groups -OCH3 is 1. The topological polar surface area (TPSA) is 58.8 Å². The molecule has 1 heterocycles. The number of ether oxygens (including phenoxy) is 1. The van der Waals surface area contributed by atoms with Crippen LogP contribution < -0.4 is 0 Å². The van der Waals surface area contributed by atoms with Crippen LogP contribution >= 0.6 is 11.5 Å². The van der Waals surface area contributed by atoms with Gasteiger partial charge in [-0.2, -0.15) is 9.64 Å². The highest BCUT2D eigenvalue weighted by atomic mass is 32.1. The number of aromatic nitrogens is 2. The zero-order valence-electron chi connectivity index (χ0n) is 17.3. The van der Waals surface area contributed by atoms with Crippen molar-refractivity contribution in [2.75, 3.05) is 7.11 Å². The van der Waals surface area contributed by atoms with E-state index < -0.39 is 0 Å². The molecule has 0 fully saturated rings. The first kappa shape index (κ1) is 20.8. The van der Waals surface area contributed by atoms with Crippen LogP contribution in [0.15, 0.2) is 42.7 Å². The number of hydrogen-bond donors (Lipinski definition) is 0. The molecule has 0 saturated carbocycles. The number of hydrogen-bond acceptors (Lipinski definition) is 5. The van der Waals surface area contributed by atoms with Crippen molar-refractivity contribution in [2.24, 2.45) is 5.92 Å². The Kier molecular flexibility index (Phi) is 6.79.